The molecule has 2 aromatic rings. The van der Waals surface area contributed by atoms with Crippen molar-refractivity contribution < 1.29 is 18.6 Å². The number of hydrogen-bond acceptors (Lipinski definition) is 5. The minimum atomic E-state index is 0.560. The Morgan fingerprint density at radius 3 is 2.15 bits per heavy atom. The molecule has 0 bridgehead atoms. The molecule has 1 N–H and O–H groups in total. The summed E-state index contributed by atoms with van der Waals surface area (Å²) in [6, 6.07) is 7.44. The minimum Gasteiger partial charge on any atom is -0.493 e. The Hall–Kier alpha value is -1.82. The molecule has 1 heterocycles. The third-order valence-electron chi connectivity index (χ3n) is 2.76. The second-order valence-electron chi connectivity index (χ2n) is 3.97. The first-order chi connectivity index (χ1) is 9.67. The molecule has 0 atom stereocenters. The van der Waals surface area contributed by atoms with Gasteiger partial charge in [0.15, 0.2) is 16.2 Å². The number of methoxy groups -OCH3 is 3. The largest absolute Gasteiger partial charge is 0.493 e. The predicted octanol–water partition coefficient (Wildman–Crippen LogP) is 3.68. The average Bonchev–Trinajstić information content (AvgIpc) is 2.89. The van der Waals surface area contributed by atoms with Crippen molar-refractivity contribution in [1.82, 2.24) is 0 Å². The molecule has 6 heteroatoms. The molecule has 0 saturated carbocycles. The second kappa shape index (κ2) is 6.56. The number of furan rings is 1. The van der Waals surface area contributed by atoms with Gasteiger partial charge in [-0.2, -0.15) is 0 Å². The molecule has 1 aromatic heterocycles. The third-order valence-corrected chi connectivity index (χ3v) is 3.19. The van der Waals surface area contributed by atoms with Crippen LogP contribution in [0.1, 0.15) is 5.76 Å². The van der Waals surface area contributed by atoms with Crippen molar-refractivity contribution in [3.8, 4) is 17.2 Å². The van der Waals surface area contributed by atoms with Crippen molar-refractivity contribution in [1.29, 1.82) is 0 Å². The van der Waals surface area contributed by atoms with E-state index in [9.17, 15) is 0 Å². The molecular weight excluding hydrogens is 326 g/mol. The van der Waals surface area contributed by atoms with Crippen LogP contribution in [0, 0.1) is 0 Å². The summed E-state index contributed by atoms with van der Waals surface area (Å²) in [5.74, 6) is 2.61. The van der Waals surface area contributed by atoms with E-state index in [2.05, 4.69) is 21.2 Å². The Bertz CT molecular complexity index is 557. The highest BCUT2D eigenvalue weighted by Crippen LogP contribution is 2.40. The molecule has 0 unspecified atom stereocenters. The Kier molecular flexibility index (Phi) is 4.79. The molecule has 0 spiro atoms. The maximum atomic E-state index is 5.43. The van der Waals surface area contributed by atoms with Crippen molar-refractivity contribution in [2.45, 2.75) is 6.54 Å². The van der Waals surface area contributed by atoms with E-state index >= 15 is 0 Å². The minimum absolute atomic E-state index is 0.560. The summed E-state index contributed by atoms with van der Waals surface area (Å²) >= 11 is 3.27. The number of nitrogens with one attached hydrogen (secondary N) is 1. The molecule has 0 aliphatic carbocycles. The van der Waals surface area contributed by atoms with Crippen molar-refractivity contribution >= 4 is 21.6 Å². The highest BCUT2D eigenvalue weighted by atomic mass is 79.9. The molecule has 0 aliphatic rings. The van der Waals surface area contributed by atoms with Crippen molar-refractivity contribution in [2.75, 3.05) is 26.6 Å². The van der Waals surface area contributed by atoms with Gasteiger partial charge in [0.25, 0.3) is 0 Å². The van der Waals surface area contributed by atoms with Gasteiger partial charge in [-0.05, 0) is 28.1 Å². The zero-order valence-corrected chi connectivity index (χ0v) is 13.1. The zero-order chi connectivity index (χ0) is 14.5. The first-order valence-electron chi connectivity index (χ1n) is 5.96. The van der Waals surface area contributed by atoms with Crippen LogP contribution in [0.5, 0.6) is 17.2 Å². The molecular formula is C14H16BrNO4. The molecule has 5 nitrogen and oxygen atoms in total. The van der Waals surface area contributed by atoms with Crippen LogP contribution >= 0.6 is 15.9 Å². The first kappa shape index (κ1) is 14.6. The van der Waals surface area contributed by atoms with Crippen molar-refractivity contribution in [2.24, 2.45) is 0 Å². The summed E-state index contributed by atoms with van der Waals surface area (Å²) in [6.07, 6.45) is 0. The van der Waals surface area contributed by atoms with Gasteiger partial charge < -0.3 is 23.9 Å². The quantitative estimate of drug-likeness (QED) is 0.868. The van der Waals surface area contributed by atoms with Gasteiger partial charge in [0.05, 0.1) is 27.9 Å². The molecule has 0 fully saturated rings. The number of rotatable bonds is 6. The van der Waals surface area contributed by atoms with Gasteiger partial charge in [0.2, 0.25) is 5.75 Å². The van der Waals surface area contributed by atoms with Gasteiger partial charge in [-0.15, -0.1) is 0 Å². The molecule has 0 saturated heterocycles. The van der Waals surface area contributed by atoms with Crippen LogP contribution in [0.25, 0.3) is 0 Å². The molecule has 1 aromatic carbocycles. The van der Waals surface area contributed by atoms with E-state index in [-0.39, 0.29) is 0 Å². The van der Waals surface area contributed by atoms with Crippen LogP contribution in [0.4, 0.5) is 5.69 Å². The van der Waals surface area contributed by atoms with Gasteiger partial charge in [0, 0.05) is 17.8 Å². The maximum absolute atomic E-state index is 5.43. The Morgan fingerprint density at radius 2 is 1.70 bits per heavy atom. The second-order valence-corrected chi connectivity index (χ2v) is 4.75. The van der Waals surface area contributed by atoms with Crippen LogP contribution in [0.15, 0.2) is 33.4 Å². The predicted molar refractivity (Wildman–Crippen MR) is 79.8 cm³/mol. The first-order valence-corrected chi connectivity index (χ1v) is 6.75. The van der Waals surface area contributed by atoms with E-state index in [4.69, 9.17) is 18.6 Å². The summed E-state index contributed by atoms with van der Waals surface area (Å²) in [5.41, 5.74) is 0.854. The lowest BCUT2D eigenvalue weighted by Gasteiger charge is -2.14. The maximum Gasteiger partial charge on any atom is 0.203 e. The SMILES string of the molecule is COc1cc(NCc2ccc(Br)o2)cc(OC)c1OC. The molecule has 108 valence electrons. The van der Waals surface area contributed by atoms with Crippen LogP contribution in [-0.4, -0.2) is 21.3 Å². The van der Waals surface area contributed by atoms with Crippen molar-refractivity contribution in [3.05, 3.63) is 34.7 Å². The van der Waals surface area contributed by atoms with E-state index in [1.54, 1.807) is 21.3 Å². The lowest BCUT2D eigenvalue weighted by atomic mass is 10.2. The van der Waals surface area contributed by atoms with Gasteiger partial charge in [0.1, 0.15) is 5.76 Å². The van der Waals surface area contributed by atoms with E-state index < -0.39 is 0 Å². The van der Waals surface area contributed by atoms with Crippen LogP contribution in [-0.2, 0) is 6.54 Å². The van der Waals surface area contributed by atoms with E-state index in [0.717, 1.165) is 11.4 Å². The fourth-order valence-corrected chi connectivity index (χ4v) is 2.16. The molecule has 0 radical (unpaired) electrons. The van der Waals surface area contributed by atoms with Crippen LogP contribution in [0.2, 0.25) is 0 Å². The Labute approximate surface area is 126 Å². The zero-order valence-electron chi connectivity index (χ0n) is 11.5. The molecule has 2 rings (SSSR count). The lowest BCUT2D eigenvalue weighted by Crippen LogP contribution is -2.01. The fraction of sp³-hybridized carbons (Fsp3) is 0.286. The number of ether oxygens (including phenoxy) is 3. The van der Waals surface area contributed by atoms with Gasteiger partial charge in [-0.3, -0.25) is 0 Å². The third kappa shape index (κ3) is 3.19. The van der Waals surface area contributed by atoms with E-state index in [1.807, 2.05) is 24.3 Å². The lowest BCUT2D eigenvalue weighted by molar-refractivity contribution is 0.324. The number of benzene rings is 1. The van der Waals surface area contributed by atoms with Crippen molar-refractivity contribution in [3.63, 3.8) is 0 Å². The molecule has 0 amide bonds. The smallest absolute Gasteiger partial charge is 0.203 e. The number of anilines is 1. The highest BCUT2D eigenvalue weighted by Gasteiger charge is 2.13. The average molecular weight is 342 g/mol. The number of halogens is 1. The van der Waals surface area contributed by atoms with Gasteiger partial charge >= 0.3 is 0 Å². The molecule has 0 aliphatic heterocycles. The standard InChI is InChI=1S/C14H16BrNO4/c1-17-11-6-9(7-12(18-2)14(11)19-3)16-8-10-4-5-13(15)20-10/h4-7,16H,8H2,1-3H3. The molecule has 20 heavy (non-hydrogen) atoms. The van der Waals surface area contributed by atoms with Crippen LogP contribution in [0.3, 0.4) is 0 Å². The summed E-state index contributed by atoms with van der Waals surface area (Å²) in [7, 11) is 4.75. The van der Waals surface area contributed by atoms with Crippen LogP contribution < -0.4 is 19.5 Å². The fourth-order valence-electron chi connectivity index (χ4n) is 1.82. The summed E-state index contributed by atoms with van der Waals surface area (Å²) in [5, 5.41) is 3.24. The normalized spacial score (nSPS) is 10.2. The van der Waals surface area contributed by atoms with Gasteiger partial charge in [-0.25, -0.2) is 0 Å². The number of hydrogen-bond donors (Lipinski definition) is 1. The topological polar surface area (TPSA) is 52.9 Å². The monoisotopic (exact) mass is 341 g/mol. The summed E-state index contributed by atoms with van der Waals surface area (Å²) < 4.78 is 22.0. The van der Waals surface area contributed by atoms with Gasteiger partial charge in [-0.1, -0.05) is 0 Å². The summed E-state index contributed by atoms with van der Waals surface area (Å²) in [6.45, 7) is 0.560. The Balaban J connectivity index is 2.19. The van der Waals surface area contributed by atoms with E-state index in [0.29, 0.717) is 28.5 Å². The van der Waals surface area contributed by atoms with E-state index in [1.165, 1.54) is 0 Å². The highest BCUT2D eigenvalue weighted by molar-refractivity contribution is 9.10. The Morgan fingerprint density at radius 1 is 1.05 bits per heavy atom. The summed E-state index contributed by atoms with van der Waals surface area (Å²) in [4.78, 5) is 0.